The Morgan fingerprint density at radius 1 is 1.33 bits per heavy atom. The maximum Gasteiger partial charge on any atom is 0.270 e. The van der Waals surface area contributed by atoms with Gasteiger partial charge in [-0.2, -0.15) is 0 Å². The second-order valence-electron chi connectivity index (χ2n) is 5.66. The smallest absolute Gasteiger partial charge is 0.270 e. The van der Waals surface area contributed by atoms with Crippen LogP contribution in [0.2, 0.25) is 0 Å². The van der Waals surface area contributed by atoms with E-state index >= 15 is 0 Å². The molecule has 1 aliphatic heterocycles. The third-order valence-corrected chi connectivity index (χ3v) is 3.99. The molecule has 0 radical (unpaired) electrons. The van der Waals surface area contributed by atoms with Crippen LogP contribution >= 0.6 is 0 Å². The maximum absolute atomic E-state index is 12.5. The standard InChI is InChI=1S/C17H21N5O2/c1-2-12-4-3-5-14(20-12)17(23)22-13-7-9-24-10-15(13)21-16-6-8-18-11-19-16/h3-6,8,11,13,15H,2,7,9-10H2,1H3,(H,22,23)(H,18,19,21)/t13-,15+/m0/s1. The predicted molar refractivity (Wildman–Crippen MR) is 89.7 cm³/mol. The van der Waals surface area contributed by atoms with Crippen molar-refractivity contribution in [1.29, 1.82) is 0 Å². The van der Waals surface area contributed by atoms with Crippen LogP contribution in [0.15, 0.2) is 36.8 Å². The molecule has 1 fully saturated rings. The summed E-state index contributed by atoms with van der Waals surface area (Å²) in [5.41, 5.74) is 1.35. The molecule has 0 aromatic carbocycles. The molecule has 1 saturated heterocycles. The fourth-order valence-electron chi connectivity index (χ4n) is 2.66. The summed E-state index contributed by atoms with van der Waals surface area (Å²) in [4.78, 5) is 25.0. The summed E-state index contributed by atoms with van der Waals surface area (Å²) in [5.74, 6) is 0.553. The van der Waals surface area contributed by atoms with Gasteiger partial charge in [0.25, 0.3) is 5.91 Å². The molecule has 7 heteroatoms. The molecule has 24 heavy (non-hydrogen) atoms. The Balaban J connectivity index is 1.67. The van der Waals surface area contributed by atoms with E-state index in [2.05, 4.69) is 25.6 Å². The van der Waals surface area contributed by atoms with Gasteiger partial charge < -0.3 is 15.4 Å². The number of hydrogen-bond acceptors (Lipinski definition) is 6. The monoisotopic (exact) mass is 327 g/mol. The lowest BCUT2D eigenvalue weighted by Gasteiger charge is -2.33. The first-order chi connectivity index (χ1) is 11.8. The number of rotatable bonds is 5. The first-order valence-corrected chi connectivity index (χ1v) is 8.13. The van der Waals surface area contributed by atoms with Crippen molar-refractivity contribution in [2.45, 2.75) is 31.8 Å². The average Bonchev–Trinajstić information content (AvgIpc) is 2.64. The van der Waals surface area contributed by atoms with E-state index in [0.29, 0.717) is 24.7 Å². The van der Waals surface area contributed by atoms with Crippen LogP contribution in [0.4, 0.5) is 5.82 Å². The lowest BCUT2D eigenvalue weighted by molar-refractivity contribution is 0.0618. The minimum Gasteiger partial charge on any atom is -0.379 e. The highest BCUT2D eigenvalue weighted by atomic mass is 16.5. The Morgan fingerprint density at radius 2 is 2.25 bits per heavy atom. The van der Waals surface area contributed by atoms with Gasteiger partial charge in [0.15, 0.2) is 0 Å². The number of nitrogens with one attached hydrogen (secondary N) is 2. The molecule has 1 aliphatic rings. The summed E-state index contributed by atoms with van der Waals surface area (Å²) in [6.07, 6.45) is 4.70. The molecule has 3 heterocycles. The number of amides is 1. The Morgan fingerprint density at radius 3 is 3.04 bits per heavy atom. The van der Waals surface area contributed by atoms with Gasteiger partial charge in [-0.15, -0.1) is 0 Å². The van der Waals surface area contributed by atoms with Crippen molar-refractivity contribution < 1.29 is 9.53 Å². The van der Waals surface area contributed by atoms with Crippen molar-refractivity contribution in [2.75, 3.05) is 18.5 Å². The van der Waals surface area contributed by atoms with Gasteiger partial charge in [-0.3, -0.25) is 4.79 Å². The topological polar surface area (TPSA) is 89.0 Å². The van der Waals surface area contributed by atoms with Gasteiger partial charge in [-0.25, -0.2) is 15.0 Å². The normalized spacial score (nSPS) is 20.4. The van der Waals surface area contributed by atoms with Crippen LogP contribution in [-0.2, 0) is 11.2 Å². The molecule has 126 valence electrons. The van der Waals surface area contributed by atoms with E-state index in [0.717, 1.165) is 18.5 Å². The molecule has 0 unspecified atom stereocenters. The number of aryl methyl sites for hydroxylation is 1. The van der Waals surface area contributed by atoms with Crippen molar-refractivity contribution in [3.63, 3.8) is 0 Å². The summed E-state index contributed by atoms with van der Waals surface area (Å²) in [5, 5.41) is 6.37. The number of carbonyl (C=O) groups is 1. The third kappa shape index (κ3) is 4.05. The van der Waals surface area contributed by atoms with E-state index in [1.54, 1.807) is 18.3 Å². The second-order valence-corrected chi connectivity index (χ2v) is 5.66. The van der Waals surface area contributed by atoms with Crippen LogP contribution in [0.1, 0.15) is 29.5 Å². The zero-order valence-corrected chi connectivity index (χ0v) is 13.6. The molecule has 0 spiro atoms. The van der Waals surface area contributed by atoms with E-state index in [-0.39, 0.29) is 18.0 Å². The Labute approximate surface area is 140 Å². The number of aromatic nitrogens is 3. The number of pyridine rings is 1. The van der Waals surface area contributed by atoms with Gasteiger partial charge >= 0.3 is 0 Å². The van der Waals surface area contributed by atoms with E-state index in [1.807, 2.05) is 19.1 Å². The van der Waals surface area contributed by atoms with Gasteiger partial charge in [-0.05, 0) is 31.0 Å². The van der Waals surface area contributed by atoms with Crippen LogP contribution in [0.5, 0.6) is 0 Å². The molecule has 2 aromatic rings. The highest BCUT2D eigenvalue weighted by molar-refractivity contribution is 5.92. The number of hydrogen-bond donors (Lipinski definition) is 2. The molecule has 0 bridgehead atoms. The summed E-state index contributed by atoms with van der Waals surface area (Å²) in [7, 11) is 0. The van der Waals surface area contributed by atoms with Crippen LogP contribution in [0.25, 0.3) is 0 Å². The van der Waals surface area contributed by atoms with Crippen LogP contribution in [0, 0.1) is 0 Å². The lowest BCUT2D eigenvalue weighted by atomic mass is 10.0. The van der Waals surface area contributed by atoms with Crippen molar-refractivity contribution in [3.8, 4) is 0 Å². The molecule has 7 nitrogen and oxygen atoms in total. The fourth-order valence-corrected chi connectivity index (χ4v) is 2.66. The number of anilines is 1. The van der Waals surface area contributed by atoms with Crippen molar-refractivity contribution >= 4 is 11.7 Å². The maximum atomic E-state index is 12.5. The largest absolute Gasteiger partial charge is 0.379 e. The zero-order valence-electron chi connectivity index (χ0n) is 13.6. The van der Waals surface area contributed by atoms with Gasteiger partial charge in [0, 0.05) is 18.5 Å². The molecule has 0 aliphatic carbocycles. The van der Waals surface area contributed by atoms with Crippen molar-refractivity contribution in [3.05, 3.63) is 48.2 Å². The Hall–Kier alpha value is -2.54. The second kappa shape index (κ2) is 7.83. The van der Waals surface area contributed by atoms with E-state index < -0.39 is 0 Å². The first-order valence-electron chi connectivity index (χ1n) is 8.13. The quantitative estimate of drug-likeness (QED) is 0.864. The van der Waals surface area contributed by atoms with Crippen LogP contribution in [0.3, 0.4) is 0 Å². The minimum atomic E-state index is -0.160. The Bertz CT molecular complexity index is 680. The molecule has 0 saturated carbocycles. The molecule has 3 rings (SSSR count). The molecule has 2 N–H and O–H groups in total. The molecule has 2 aromatic heterocycles. The van der Waals surface area contributed by atoms with E-state index in [4.69, 9.17) is 4.74 Å². The predicted octanol–water partition coefficient (Wildman–Crippen LogP) is 1.43. The molecular formula is C17H21N5O2. The van der Waals surface area contributed by atoms with Gasteiger partial charge in [-0.1, -0.05) is 13.0 Å². The van der Waals surface area contributed by atoms with Crippen LogP contribution < -0.4 is 10.6 Å². The highest BCUT2D eigenvalue weighted by Crippen LogP contribution is 2.13. The average molecular weight is 327 g/mol. The van der Waals surface area contributed by atoms with Crippen molar-refractivity contribution in [2.24, 2.45) is 0 Å². The third-order valence-electron chi connectivity index (χ3n) is 3.99. The van der Waals surface area contributed by atoms with Crippen LogP contribution in [-0.4, -0.2) is 46.2 Å². The zero-order chi connectivity index (χ0) is 16.8. The highest BCUT2D eigenvalue weighted by Gasteiger charge is 2.28. The van der Waals surface area contributed by atoms with Gasteiger partial charge in [0.05, 0.1) is 18.7 Å². The number of nitrogens with zero attached hydrogens (tertiary/aromatic N) is 3. The van der Waals surface area contributed by atoms with E-state index in [1.165, 1.54) is 6.33 Å². The Kier molecular flexibility index (Phi) is 5.32. The number of carbonyl (C=O) groups excluding carboxylic acids is 1. The van der Waals surface area contributed by atoms with E-state index in [9.17, 15) is 4.79 Å². The summed E-state index contributed by atoms with van der Waals surface area (Å²) < 4.78 is 5.54. The fraction of sp³-hybridized carbons (Fsp3) is 0.412. The lowest BCUT2D eigenvalue weighted by Crippen LogP contribution is -2.52. The van der Waals surface area contributed by atoms with Crippen molar-refractivity contribution in [1.82, 2.24) is 20.3 Å². The number of ether oxygens (including phenoxy) is 1. The SMILES string of the molecule is CCc1cccc(C(=O)N[C@H]2CCOC[C@H]2Nc2ccncn2)n1. The summed E-state index contributed by atoms with van der Waals surface area (Å²) in [6, 6.07) is 7.22. The van der Waals surface area contributed by atoms with Gasteiger partial charge in [0.2, 0.25) is 0 Å². The summed E-state index contributed by atoms with van der Waals surface area (Å²) >= 11 is 0. The molecule has 2 atom stereocenters. The summed E-state index contributed by atoms with van der Waals surface area (Å²) in [6.45, 7) is 3.15. The van der Waals surface area contributed by atoms with Gasteiger partial charge in [0.1, 0.15) is 17.8 Å². The molecular weight excluding hydrogens is 306 g/mol. The first kappa shape index (κ1) is 16.3. The molecule has 1 amide bonds. The minimum absolute atomic E-state index is 0.0479.